The molecule has 0 saturated carbocycles. The van der Waals surface area contributed by atoms with E-state index in [0.29, 0.717) is 23.3 Å². The lowest BCUT2D eigenvalue weighted by Gasteiger charge is -2.02. The molecule has 6 heteroatoms. The highest BCUT2D eigenvalue weighted by molar-refractivity contribution is 7.13. The van der Waals surface area contributed by atoms with Crippen LogP contribution in [0.15, 0.2) is 46.3 Å². The standard InChI is InChI=1S/C13H10ClN3OS/c14-9-3-1-4-10(7-9)15-8-12-16-13(17-18-12)11-5-2-6-19-11/h1-7,15H,8H2. The first-order valence-electron chi connectivity index (χ1n) is 5.67. The Morgan fingerprint density at radius 1 is 1.26 bits per heavy atom. The van der Waals surface area contributed by atoms with E-state index in [1.54, 1.807) is 11.3 Å². The molecule has 0 aliphatic carbocycles. The van der Waals surface area contributed by atoms with Crippen molar-refractivity contribution in [3.8, 4) is 10.7 Å². The smallest absolute Gasteiger partial charge is 0.246 e. The topological polar surface area (TPSA) is 51.0 Å². The zero-order valence-corrected chi connectivity index (χ0v) is 11.4. The van der Waals surface area contributed by atoms with E-state index in [1.807, 2.05) is 41.8 Å². The van der Waals surface area contributed by atoms with Gasteiger partial charge in [-0.25, -0.2) is 0 Å². The molecule has 0 bridgehead atoms. The van der Waals surface area contributed by atoms with Gasteiger partial charge in [0.05, 0.1) is 11.4 Å². The number of hydrogen-bond donors (Lipinski definition) is 1. The zero-order valence-electron chi connectivity index (χ0n) is 9.84. The highest BCUT2D eigenvalue weighted by Crippen LogP contribution is 2.21. The largest absolute Gasteiger partial charge is 0.376 e. The molecule has 2 heterocycles. The maximum absolute atomic E-state index is 5.91. The van der Waals surface area contributed by atoms with Gasteiger partial charge in [0.25, 0.3) is 0 Å². The minimum absolute atomic E-state index is 0.471. The summed E-state index contributed by atoms with van der Waals surface area (Å²) in [5.41, 5.74) is 0.920. The van der Waals surface area contributed by atoms with Crippen molar-refractivity contribution < 1.29 is 4.52 Å². The Kier molecular flexibility index (Phi) is 3.48. The third kappa shape index (κ3) is 2.94. The van der Waals surface area contributed by atoms with Crippen LogP contribution < -0.4 is 5.32 Å². The van der Waals surface area contributed by atoms with Crippen LogP contribution in [-0.4, -0.2) is 10.1 Å². The number of halogens is 1. The van der Waals surface area contributed by atoms with Crippen LogP contribution in [0.1, 0.15) is 5.89 Å². The number of rotatable bonds is 4. The van der Waals surface area contributed by atoms with Gasteiger partial charge in [-0.2, -0.15) is 4.98 Å². The molecule has 3 rings (SSSR count). The molecule has 0 atom stereocenters. The molecule has 0 aliphatic rings. The Hall–Kier alpha value is -1.85. The van der Waals surface area contributed by atoms with E-state index >= 15 is 0 Å². The predicted molar refractivity (Wildman–Crippen MR) is 76.4 cm³/mol. The molecular formula is C13H10ClN3OS. The third-order valence-corrected chi connectivity index (χ3v) is 3.58. The Labute approximate surface area is 119 Å². The summed E-state index contributed by atoms with van der Waals surface area (Å²) in [6.45, 7) is 0.471. The number of thiophene rings is 1. The molecule has 1 N–H and O–H groups in total. The van der Waals surface area contributed by atoms with Gasteiger partial charge in [-0.1, -0.05) is 28.9 Å². The second kappa shape index (κ2) is 5.42. The van der Waals surface area contributed by atoms with Crippen molar-refractivity contribution in [2.45, 2.75) is 6.54 Å². The van der Waals surface area contributed by atoms with Gasteiger partial charge >= 0.3 is 0 Å². The van der Waals surface area contributed by atoms with Gasteiger partial charge in [-0.05, 0) is 29.6 Å². The molecule has 3 aromatic rings. The SMILES string of the molecule is Clc1cccc(NCc2nc(-c3cccs3)no2)c1. The predicted octanol–water partition coefficient (Wildman–Crippen LogP) is 4.06. The summed E-state index contributed by atoms with van der Waals surface area (Å²) >= 11 is 7.49. The Balaban J connectivity index is 1.68. The summed E-state index contributed by atoms with van der Waals surface area (Å²) in [5.74, 6) is 1.17. The van der Waals surface area contributed by atoms with Crippen LogP contribution in [0.5, 0.6) is 0 Å². The quantitative estimate of drug-likeness (QED) is 0.787. The van der Waals surface area contributed by atoms with Crippen LogP contribution in [-0.2, 0) is 6.54 Å². The number of anilines is 1. The highest BCUT2D eigenvalue weighted by Gasteiger charge is 2.08. The number of hydrogen-bond acceptors (Lipinski definition) is 5. The van der Waals surface area contributed by atoms with Crippen LogP contribution in [0, 0.1) is 0 Å². The van der Waals surface area contributed by atoms with E-state index in [9.17, 15) is 0 Å². The van der Waals surface area contributed by atoms with Gasteiger partial charge in [-0.3, -0.25) is 0 Å². The molecule has 2 aromatic heterocycles. The fraction of sp³-hybridized carbons (Fsp3) is 0.0769. The van der Waals surface area contributed by atoms with E-state index in [1.165, 1.54) is 0 Å². The minimum atomic E-state index is 0.471. The van der Waals surface area contributed by atoms with E-state index in [2.05, 4.69) is 15.5 Å². The molecular weight excluding hydrogens is 282 g/mol. The highest BCUT2D eigenvalue weighted by atomic mass is 35.5. The van der Waals surface area contributed by atoms with E-state index in [0.717, 1.165) is 10.6 Å². The molecule has 0 saturated heterocycles. The Bertz CT molecular complexity index is 666. The molecule has 0 spiro atoms. The maximum Gasteiger partial charge on any atom is 0.246 e. The van der Waals surface area contributed by atoms with E-state index in [4.69, 9.17) is 16.1 Å². The zero-order chi connectivity index (χ0) is 13.1. The fourth-order valence-electron chi connectivity index (χ4n) is 1.61. The molecule has 0 aliphatic heterocycles. The molecule has 4 nitrogen and oxygen atoms in total. The molecule has 0 unspecified atom stereocenters. The third-order valence-electron chi connectivity index (χ3n) is 2.48. The van der Waals surface area contributed by atoms with E-state index in [-0.39, 0.29) is 0 Å². The average molecular weight is 292 g/mol. The van der Waals surface area contributed by atoms with E-state index < -0.39 is 0 Å². The lowest BCUT2D eigenvalue weighted by atomic mass is 10.3. The fourth-order valence-corrected chi connectivity index (χ4v) is 2.45. The van der Waals surface area contributed by atoms with Gasteiger partial charge in [0.15, 0.2) is 0 Å². The average Bonchev–Trinajstić information content (AvgIpc) is 3.07. The normalized spacial score (nSPS) is 10.6. The summed E-state index contributed by atoms with van der Waals surface area (Å²) < 4.78 is 5.19. The molecule has 0 amide bonds. The van der Waals surface area contributed by atoms with Gasteiger partial charge in [0.2, 0.25) is 11.7 Å². The maximum atomic E-state index is 5.91. The molecule has 96 valence electrons. The van der Waals surface area contributed by atoms with Crippen molar-refractivity contribution in [3.05, 3.63) is 52.7 Å². The first-order chi connectivity index (χ1) is 9.31. The monoisotopic (exact) mass is 291 g/mol. The van der Waals surface area contributed by atoms with Crippen molar-refractivity contribution in [3.63, 3.8) is 0 Å². The van der Waals surface area contributed by atoms with Crippen LogP contribution in [0.25, 0.3) is 10.7 Å². The molecule has 0 radical (unpaired) electrons. The lowest BCUT2D eigenvalue weighted by molar-refractivity contribution is 0.384. The number of benzene rings is 1. The summed E-state index contributed by atoms with van der Waals surface area (Å²) in [4.78, 5) is 5.33. The van der Waals surface area contributed by atoms with Crippen molar-refractivity contribution in [2.75, 3.05) is 5.32 Å². The summed E-state index contributed by atoms with van der Waals surface area (Å²) in [7, 11) is 0. The second-order valence-corrected chi connectivity index (χ2v) is 5.24. The summed E-state index contributed by atoms with van der Waals surface area (Å²) in [6.07, 6.45) is 0. The van der Waals surface area contributed by atoms with Crippen LogP contribution in [0.4, 0.5) is 5.69 Å². The Morgan fingerprint density at radius 3 is 3.00 bits per heavy atom. The Morgan fingerprint density at radius 2 is 2.21 bits per heavy atom. The van der Waals surface area contributed by atoms with Crippen LogP contribution in [0.2, 0.25) is 5.02 Å². The molecule has 1 aromatic carbocycles. The summed E-state index contributed by atoms with van der Waals surface area (Å²) in [6, 6.07) is 11.4. The van der Waals surface area contributed by atoms with Crippen molar-refractivity contribution in [1.29, 1.82) is 0 Å². The van der Waals surface area contributed by atoms with Gasteiger partial charge in [0.1, 0.15) is 0 Å². The van der Waals surface area contributed by atoms with Gasteiger partial charge < -0.3 is 9.84 Å². The van der Waals surface area contributed by atoms with Crippen molar-refractivity contribution >= 4 is 28.6 Å². The minimum Gasteiger partial charge on any atom is -0.376 e. The summed E-state index contributed by atoms with van der Waals surface area (Å²) in [5, 5.41) is 9.80. The van der Waals surface area contributed by atoms with Crippen LogP contribution in [0.3, 0.4) is 0 Å². The van der Waals surface area contributed by atoms with Gasteiger partial charge in [0, 0.05) is 10.7 Å². The number of nitrogens with one attached hydrogen (secondary N) is 1. The lowest BCUT2D eigenvalue weighted by Crippen LogP contribution is -1.99. The molecule has 19 heavy (non-hydrogen) atoms. The number of nitrogens with zero attached hydrogens (tertiary/aromatic N) is 2. The first kappa shape index (κ1) is 12.2. The van der Waals surface area contributed by atoms with Crippen molar-refractivity contribution in [1.82, 2.24) is 10.1 Å². The van der Waals surface area contributed by atoms with Crippen LogP contribution >= 0.6 is 22.9 Å². The molecule has 0 fully saturated rings. The van der Waals surface area contributed by atoms with Crippen molar-refractivity contribution in [2.24, 2.45) is 0 Å². The number of aromatic nitrogens is 2. The second-order valence-electron chi connectivity index (χ2n) is 3.85. The first-order valence-corrected chi connectivity index (χ1v) is 6.93. The van der Waals surface area contributed by atoms with Gasteiger partial charge in [-0.15, -0.1) is 11.3 Å².